The van der Waals surface area contributed by atoms with Gasteiger partial charge < -0.3 is 0 Å². The average Bonchev–Trinajstić information content (AvgIpc) is 2.82. The van der Waals surface area contributed by atoms with Crippen molar-refractivity contribution in [2.24, 2.45) is 0 Å². The predicted molar refractivity (Wildman–Crippen MR) is 67.6 cm³/mol. The van der Waals surface area contributed by atoms with Crippen molar-refractivity contribution in [3.63, 3.8) is 0 Å². The fourth-order valence-electron chi connectivity index (χ4n) is 1.66. The minimum Gasteiger partial charge on any atom is -0.263 e. The Morgan fingerprint density at radius 1 is 1.18 bits per heavy atom. The van der Waals surface area contributed by atoms with Gasteiger partial charge in [0, 0.05) is 18.0 Å². The highest BCUT2D eigenvalue weighted by atomic mass is 32.1. The number of hydrogen-bond donors (Lipinski definition) is 0. The van der Waals surface area contributed by atoms with E-state index in [1.54, 1.807) is 23.7 Å². The average molecular weight is 237 g/mol. The molecule has 0 saturated heterocycles. The highest BCUT2D eigenvalue weighted by Crippen LogP contribution is 2.31. The number of nitrogens with zero attached hydrogens (tertiary/aromatic N) is 3. The van der Waals surface area contributed by atoms with E-state index >= 15 is 0 Å². The predicted octanol–water partition coefficient (Wildman–Crippen LogP) is 3.23. The summed E-state index contributed by atoms with van der Waals surface area (Å²) in [6, 6.07) is 11.9. The normalized spacial score (nSPS) is 10.3. The number of benzene rings is 1. The van der Waals surface area contributed by atoms with E-state index in [4.69, 9.17) is 5.26 Å². The van der Waals surface area contributed by atoms with Gasteiger partial charge in [-0.1, -0.05) is 12.1 Å². The van der Waals surface area contributed by atoms with E-state index in [1.807, 2.05) is 30.3 Å². The van der Waals surface area contributed by atoms with Gasteiger partial charge in [-0.2, -0.15) is 5.26 Å². The smallest absolute Gasteiger partial charge is 0.126 e. The molecule has 0 atom stereocenters. The van der Waals surface area contributed by atoms with E-state index in [1.165, 1.54) is 0 Å². The summed E-state index contributed by atoms with van der Waals surface area (Å²) >= 11 is 1.59. The molecule has 0 radical (unpaired) electrons. The zero-order valence-corrected chi connectivity index (χ0v) is 9.61. The number of aromatic nitrogens is 2. The Bertz CT molecular complexity index is 692. The monoisotopic (exact) mass is 237 g/mol. The molecule has 0 aliphatic carbocycles. The lowest BCUT2D eigenvalue weighted by molar-refractivity contribution is 1.30. The van der Waals surface area contributed by atoms with Crippen LogP contribution in [-0.4, -0.2) is 9.97 Å². The van der Waals surface area contributed by atoms with Gasteiger partial charge in [0.05, 0.1) is 15.8 Å². The summed E-state index contributed by atoms with van der Waals surface area (Å²) in [6.07, 6.45) is 3.25. The molecule has 80 valence electrons. The molecule has 2 heterocycles. The molecule has 3 rings (SSSR count). The van der Waals surface area contributed by atoms with Crippen LogP contribution in [0.1, 0.15) is 5.56 Å². The van der Waals surface area contributed by atoms with Gasteiger partial charge in [0.15, 0.2) is 0 Å². The van der Waals surface area contributed by atoms with Crippen LogP contribution in [0.3, 0.4) is 0 Å². The fraction of sp³-hybridized carbons (Fsp3) is 0. The minimum absolute atomic E-state index is 0.562. The quantitative estimate of drug-likeness (QED) is 0.652. The molecule has 3 nitrogen and oxygen atoms in total. The first-order chi connectivity index (χ1) is 8.38. The Labute approximate surface area is 102 Å². The number of rotatable bonds is 1. The maximum atomic E-state index is 9.04. The molecule has 0 unspecified atom stereocenters. The van der Waals surface area contributed by atoms with Gasteiger partial charge in [0.1, 0.15) is 11.1 Å². The Morgan fingerprint density at radius 3 is 2.88 bits per heavy atom. The third kappa shape index (κ3) is 1.67. The number of pyridine rings is 1. The highest BCUT2D eigenvalue weighted by molar-refractivity contribution is 7.21. The topological polar surface area (TPSA) is 49.6 Å². The third-order valence-electron chi connectivity index (χ3n) is 2.47. The van der Waals surface area contributed by atoms with Crippen LogP contribution >= 0.6 is 11.3 Å². The van der Waals surface area contributed by atoms with Gasteiger partial charge in [0.25, 0.3) is 0 Å². The first-order valence-electron chi connectivity index (χ1n) is 5.08. The standard InChI is InChI=1S/C13H7N3S/c14-7-9-8-15-6-5-10(9)13-16-11-3-1-2-4-12(11)17-13/h1-6,8H. The van der Waals surface area contributed by atoms with Crippen molar-refractivity contribution < 1.29 is 0 Å². The molecule has 0 spiro atoms. The Morgan fingerprint density at radius 2 is 2.06 bits per heavy atom. The van der Waals surface area contributed by atoms with E-state index in [0.717, 1.165) is 20.8 Å². The summed E-state index contributed by atoms with van der Waals surface area (Å²) in [6.45, 7) is 0. The molecule has 0 bridgehead atoms. The molecule has 2 aromatic heterocycles. The number of thiazole rings is 1. The Balaban J connectivity index is 2.25. The molecular weight excluding hydrogens is 230 g/mol. The summed E-state index contributed by atoms with van der Waals surface area (Å²) in [5.41, 5.74) is 2.38. The zero-order valence-electron chi connectivity index (χ0n) is 8.79. The lowest BCUT2D eigenvalue weighted by atomic mass is 10.2. The van der Waals surface area contributed by atoms with Crippen LogP contribution in [0.5, 0.6) is 0 Å². The first-order valence-corrected chi connectivity index (χ1v) is 5.90. The molecule has 0 aliphatic heterocycles. The van der Waals surface area contributed by atoms with Gasteiger partial charge in [-0.15, -0.1) is 11.3 Å². The van der Waals surface area contributed by atoms with Crippen LogP contribution in [0.15, 0.2) is 42.7 Å². The van der Waals surface area contributed by atoms with Crippen LogP contribution in [0, 0.1) is 11.3 Å². The van der Waals surface area contributed by atoms with E-state index in [0.29, 0.717) is 5.56 Å². The van der Waals surface area contributed by atoms with Gasteiger partial charge in [0.2, 0.25) is 0 Å². The number of para-hydroxylation sites is 1. The van der Waals surface area contributed by atoms with Gasteiger partial charge in [-0.3, -0.25) is 4.98 Å². The molecule has 0 aliphatic rings. The van der Waals surface area contributed by atoms with E-state index in [9.17, 15) is 0 Å². The van der Waals surface area contributed by atoms with Crippen molar-refractivity contribution in [1.82, 2.24) is 9.97 Å². The molecule has 0 N–H and O–H groups in total. The van der Waals surface area contributed by atoms with Crippen molar-refractivity contribution in [2.45, 2.75) is 0 Å². The van der Waals surface area contributed by atoms with Crippen LogP contribution in [0.4, 0.5) is 0 Å². The lowest BCUT2D eigenvalue weighted by Gasteiger charge is -1.96. The van der Waals surface area contributed by atoms with Crippen LogP contribution < -0.4 is 0 Å². The molecule has 4 heteroatoms. The Hall–Kier alpha value is -2.25. The molecule has 0 saturated carbocycles. The summed E-state index contributed by atoms with van der Waals surface area (Å²) in [5, 5.41) is 9.91. The third-order valence-corrected chi connectivity index (χ3v) is 3.54. The van der Waals surface area contributed by atoms with Crippen molar-refractivity contribution in [1.29, 1.82) is 5.26 Å². The molecular formula is C13H7N3S. The minimum atomic E-state index is 0.562. The summed E-state index contributed by atoms with van der Waals surface area (Å²) < 4.78 is 1.13. The second kappa shape index (κ2) is 3.96. The van der Waals surface area contributed by atoms with Gasteiger partial charge >= 0.3 is 0 Å². The molecule has 0 fully saturated rings. The van der Waals surface area contributed by atoms with Crippen molar-refractivity contribution >= 4 is 21.6 Å². The Kier molecular flexibility index (Phi) is 2.32. The van der Waals surface area contributed by atoms with Crippen molar-refractivity contribution in [3.05, 3.63) is 48.3 Å². The second-order valence-electron chi connectivity index (χ2n) is 3.52. The molecule has 3 aromatic rings. The van der Waals surface area contributed by atoms with Crippen molar-refractivity contribution in [2.75, 3.05) is 0 Å². The van der Waals surface area contributed by atoms with E-state index in [-0.39, 0.29) is 0 Å². The van der Waals surface area contributed by atoms with Crippen LogP contribution in [0.2, 0.25) is 0 Å². The van der Waals surface area contributed by atoms with Gasteiger partial charge in [-0.05, 0) is 18.2 Å². The largest absolute Gasteiger partial charge is 0.263 e. The zero-order chi connectivity index (χ0) is 11.7. The first kappa shape index (κ1) is 9.94. The summed E-state index contributed by atoms with van der Waals surface area (Å²) in [5.74, 6) is 0. The van der Waals surface area contributed by atoms with E-state index < -0.39 is 0 Å². The van der Waals surface area contributed by atoms with Crippen molar-refractivity contribution in [3.8, 4) is 16.6 Å². The molecule has 17 heavy (non-hydrogen) atoms. The SMILES string of the molecule is N#Cc1cnccc1-c1nc2ccccc2s1. The summed E-state index contributed by atoms with van der Waals surface area (Å²) in [4.78, 5) is 8.48. The maximum absolute atomic E-state index is 9.04. The maximum Gasteiger partial charge on any atom is 0.126 e. The van der Waals surface area contributed by atoms with Crippen LogP contribution in [0.25, 0.3) is 20.8 Å². The lowest BCUT2D eigenvalue weighted by Crippen LogP contribution is -1.84. The fourth-order valence-corrected chi connectivity index (χ4v) is 2.66. The summed E-state index contributed by atoms with van der Waals surface area (Å²) in [7, 11) is 0. The van der Waals surface area contributed by atoms with E-state index in [2.05, 4.69) is 16.0 Å². The van der Waals surface area contributed by atoms with Gasteiger partial charge in [-0.25, -0.2) is 4.98 Å². The number of hydrogen-bond acceptors (Lipinski definition) is 4. The number of fused-ring (bicyclic) bond motifs is 1. The second-order valence-corrected chi connectivity index (χ2v) is 4.55. The molecule has 1 aromatic carbocycles. The molecule has 0 amide bonds. The van der Waals surface area contributed by atoms with Crippen LogP contribution in [-0.2, 0) is 0 Å². The number of nitriles is 1. The highest BCUT2D eigenvalue weighted by Gasteiger charge is 2.09.